The molecule has 6 nitrogen and oxygen atoms in total. The summed E-state index contributed by atoms with van der Waals surface area (Å²) in [5.74, 6) is 0.0452. The van der Waals surface area contributed by atoms with Gasteiger partial charge in [0, 0.05) is 11.3 Å². The lowest BCUT2D eigenvalue weighted by atomic mass is 9.79. The fourth-order valence-electron chi connectivity index (χ4n) is 5.25. The number of amides is 1. The molecule has 1 fully saturated rings. The summed E-state index contributed by atoms with van der Waals surface area (Å²) in [5.41, 5.74) is 2.86. The molecule has 1 amide bonds. The summed E-state index contributed by atoms with van der Waals surface area (Å²) in [7, 11) is 0. The molecule has 2 aromatic rings. The quantitative estimate of drug-likeness (QED) is 0.556. The van der Waals surface area contributed by atoms with Crippen LogP contribution in [0.4, 0.5) is 10.5 Å². The van der Waals surface area contributed by atoms with Crippen molar-refractivity contribution < 1.29 is 19.1 Å². The van der Waals surface area contributed by atoms with Crippen molar-refractivity contribution in [2.24, 2.45) is 0 Å². The standard InChI is InChI=1S/C27H28N2O4/c1-4-32-26(31)33-24-23(22-19(3)15-18(2)16-20(22)17-28)25(30)29(21-11-7-5-8-12-21)27(24)13-9-6-10-14-27/h5,7-8,11-12,15-16H,4,6,9-10,13-14H2,1-3H3. The highest BCUT2D eigenvalue weighted by Gasteiger charge is 2.55. The molecule has 2 aromatic carbocycles. The lowest BCUT2D eigenvalue weighted by Gasteiger charge is -2.42. The highest BCUT2D eigenvalue weighted by Crippen LogP contribution is 2.51. The highest BCUT2D eigenvalue weighted by atomic mass is 16.7. The first-order valence-electron chi connectivity index (χ1n) is 11.4. The number of ether oxygens (including phenoxy) is 2. The Morgan fingerprint density at radius 3 is 2.45 bits per heavy atom. The van der Waals surface area contributed by atoms with Gasteiger partial charge in [0.25, 0.3) is 5.91 Å². The Hall–Kier alpha value is -3.59. The fraction of sp³-hybridized carbons (Fsp3) is 0.370. The van der Waals surface area contributed by atoms with E-state index >= 15 is 0 Å². The molecule has 1 aliphatic heterocycles. The maximum absolute atomic E-state index is 14.2. The van der Waals surface area contributed by atoms with Crippen molar-refractivity contribution in [1.29, 1.82) is 5.26 Å². The Morgan fingerprint density at radius 1 is 1.12 bits per heavy atom. The smallest absolute Gasteiger partial charge is 0.434 e. The van der Waals surface area contributed by atoms with Crippen LogP contribution in [-0.2, 0) is 14.3 Å². The summed E-state index contributed by atoms with van der Waals surface area (Å²) in [4.78, 5) is 28.5. The van der Waals surface area contributed by atoms with E-state index in [1.165, 1.54) is 0 Å². The molecule has 0 atom stereocenters. The molecule has 1 aliphatic carbocycles. The lowest BCUT2D eigenvalue weighted by Crippen LogP contribution is -2.50. The topological polar surface area (TPSA) is 79.6 Å². The Labute approximate surface area is 194 Å². The van der Waals surface area contributed by atoms with Crippen molar-refractivity contribution in [2.75, 3.05) is 11.5 Å². The molecule has 0 saturated heterocycles. The maximum atomic E-state index is 14.2. The first-order chi connectivity index (χ1) is 15.9. The molecule has 2 aliphatic rings. The predicted octanol–water partition coefficient (Wildman–Crippen LogP) is 5.81. The van der Waals surface area contributed by atoms with Gasteiger partial charge < -0.3 is 9.47 Å². The summed E-state index contributed by atoms with van der Waals surface area (Å²) in [6.45, 7) is 5.67. The molecule has 6 heteroatoms. The van der Waals surface area contributed by atoms with Crippen LogP contribution in [0.15, 0.2) is 48.2 Å². The normalized spacial score (nSPS) is 17.3. The van der Waals surface area contributed by atoms with Gasteiger partial charge in [-0.15, -0.1) is 0 Å². The second kappa shape index (κ2) is 9.11. The van der Waals surface area contributed by atoms with Gasteiger partial charge in [-0.25, -0.2) is 4.79 Å². The summed E-state index contributed by atoms with van der Waals surface area (Å²) >= 11 is 0. The molecule has 1 spiro atoms. The van der Waals surface area contributed by atoms with E-state index in [-0.39, 0.29) is 18.1 Å². The largest absolute Gasteiger partial charge is 0.513 e. The van der Waals surface area contributed by atoms with Crippen molar-refractivity contribution in [1.82, 2.24) is 0 Å². The van der Waals surface area contributed by atoms with E-state index in [0.29, 0.717) is 29.7 Å². The number of nitrogens with zero attached hydrogens (tertiary/aromatic N) is 2. The molecular formula is C27H28N2O4. The van der Waals surface area contributed by atoms with E-state index in [0.717, 1.165) is 36.1 Å². The number of hydrogen-bond donors (Lipinski definition) is 0. The first kappa shape index (κ1) is 22.6. The fourth-order valence-corrected chi connectivity index (χ4v) is 5.25. The minimum absolute atomic E-state index is 0.164. The van der Waals surface area contributed by atoms with Crippen LogP contribution in [-0.4, -0.2) is 24.2 Å². The number of benzene rings is 2. The average molecular weight is 445 g/mol. The van der Waals surface area contributed by atoms with Gasteiger partial charge in [-0.3, -0.25) is 9.69 Å². The maximum Gasteiger partial charge on any atom is 0.513 e. The van der Waals surface area contributed by atoms with E-state index in [4.69, 9.17) is 9.47 Å². The SMILES string of the molecule is CCOC(=O)OC1=C(c2c(C)cc(C)cc2C#N)C(=O)N(c2ccccc2)C12CCCCC2. The summed E-state index contributed by atoms with van der Waals surface area (Å²) < 4.78 is 11.0. The summed E-state index contributed by atoms with van der Waals surface area (Å²) in [5, 5.41) is 9.92. The molecule has 0 N–H and O–H groups in total. The zero-order valence-electron chi connectivity index (χ0n) is 19.3. The van der Waals surface area contributed by atoms with Gasteiger partial charge >= 0.3 is 6.16 Å². The molecule has 4 rings (SSSR count). The van der Waals surface area contributed by atoms with Crippen LogP contribution >= 0.6 is 0 Å². The number of carbonyl (C=O) groups excluding carboxylic acids is 2. The van der Waals surface area contributed by atoms with Crippen LogP contribution in [0.3, 0.4) is 0 Å². The number of aryl methyl sites for hydroxylation is 2. The van der Waals surface area contributed by atoms with Gasteiger partial charge in [-0.2, -0.15) is 5.26 Å². The van der Waals surface area contributed by atoms with Crippen LogP contribution in [0.2, 0.25) is 0 Å². The highest BCUT2D eigenvalue weighted by molar-refractivity contribution is 6.31. The number of nitriles is 1. The molecule has 0 aromatic heterocycles. The van der Waals surface area contributed by atoms with E-state index in [1.807, 2.05) is 50.2 Å². The molecule has 170 valence electrons. The minimum atomic E-state index is -0.832. The summed E-state index contributed by atoms with van der Waals surface area (Å²) in [6.07, 6.45) is 3.35. The number of anilines is 1. The predicted molar refractivity (Wildman–Crippen MR) is 125 cm³/mol. The Kier molecular flexibility index (Phi) is 6.24. The zero-order valence-corrected chi connectivity index (χ0v) is 19.3. The van der Waals surface area contributed by atoms with Crippen molar-refractivity contribution in [3.05, 3.63) is 70.5 Å². The third-order valence-electron chi connectivity index (χ3n) is 6.49. The van der Waals surface area contributed by atoms with E-state index in [9.17, 15) is 14.9 Å². The van der Waals surface area contributed by atoms with E-state index in [2.05, 4.69) is 6.07 Å². The van der Waals surface area contributed by atoms with E-state index in [1.54, 1.807) is 17.9 Å². The third kappa shape index (κ3) is 3.89. The third-order valence-corrected chi connectivity index (χ3v) is 6.49. The van der Waals surface area contributed by atoms with Crippen LogP contribution in [0.1, 0.15) is 61.3 Å². The number of rotatable bonds is 4. The lowest BCUT2D eigenvalue weighted by molar-refractivity contribution is -0.113. The second-order valence-corrected chi connectivity index (χ2v) is 8.67. The van der Waals surface area contributed by atoms with Crippen LogP contribution in [0.25, 0.3) is 5.57 Å². The van der Waals surface area contributed by atoms with Crippen LogP contribution < -0.4 is 4.90 Å². The number of para-hydroxylation sites is 1. The van der Waals surface area contributed by atoms with Gasteiger partial charge in [0.15, 0.2) is 5.76 Å². The first-order valence-corrected chi connectivity index (χ1v) is 11.4. The van der Waals surface area contributed by atoms with Gasteiger partial charge in [0.2, 0.25) is 0 Å². The number of carbonyl (C=O) groups is 2. The van der Waals surface area contributed by atoms with Crippen LogP contribution in [0, 0.1) is 25.2 Å². The van der Waals surface area contributed by atoms with Crippen molar-refractivity contribution in [2.45, 2.75) is 58.4 Å². The number of hydrogen-bond acceptors (Lipinski definition) is 5. The molecule has 0 radical (unpaired) electrons. The summed E-state index contributed by atoms with van der Waals surface area (Å²) in [6, 6.07) is 15.4. The molecule has 33 heavy (non-hydrogen) atoms. The molecule has 0 unspecified atom stereocenters. The van der Waals surface area contributed by atoms with Crippen molar-refractivity contribution >= 4 is 23.3 Å². The Morgan fingerprint density at radius 2 is 1.82 bits per heavy atom. The molecule has 1 saturated carbocycles. The van der Waals surface area contributed by atoms with Crippen molar-refractivity contribution in [3.63, 3.8) is 0 Å². The van der Waals surface area contributed by atoms with E-state index < -0.39 is 11.7 Å². The van der Waals surface area contributed by atoms with Crippen LogP contribution in [0.5, 0.6) is 0 Å². The zero-order chi connectivity index (χ0) is 23.6. The van der Waals surface area contributed by atoms with Gasteiger partial charge in [-0.1, -0.05) is 43.5 Å². The Balaban J connectivity index is 2.01. The molecule has 1 heterocycles. The van der Waals surface area contributed by atoms with Gasteiger partial charge in [0.1, 0.15) is 5.54 Å². The Bertz CT molecular complexity index is 1150. The minimum Gasteiger partial charge on any atom is -0.434 e. The van der Waals surface area contributed by atoms with Crippen molar-refractivity contribution in [3.8, 4) is 6.07 Å². The second-order valence-electron chi connectivity index (χ2n) is 8.67. The molecule has 0 bridgehead atoms. The van der Waals surface area contributed by atoms with Gasteiger partial charge in [-0.05, 0) is 62.9 Å². The average Bonchev–Trinajstić information content (AvgIpc) is 3.01. The molecular weight excluding hydrogens is 416 g/mol. The van der Waals surface area contributed by atoms with Gasteiger partial charge in [0.05, 0.1) is 23.8 Å². The monoisotopic (exact) mass is 444 g/mol.